The zero-order valence-corrected chi connectivity index (χ0v) is 10.6. The van der Waals surface area contributed by atoms with Gasteiger partial charge < -0.3 is 14.3 Å². The van der Waals surface area contributed by atoms with E-state index in [1.807, 2.05) is 24.5 Å². The molecule has 2 heterocycles. The molecule has 0 aliphatic rings. The lowest BCUT2D eigenvalue weighted by Crippen LogP contribution is -2.17. The second-order valence-electron chi connectivity index (χ2n) is 4.07. The standard InChI is InChI=1S/C11H15N3O2S/c1-7(2)16-6-5-14-8-3-4-12-9(8)10(15)13-11(14)17/h3-4,7,12H,5-6H2,1-2H3,(H,13,15,17). The largest absolute Gasteiger partial charge is 0.377 e. The monoisotopic (exact) mass is 253 g/mol. The Labute approximate surface area is 103 Å². The molecule has 2 rings (SSSR count). The first kappa shape index (κ1) is 12.1. The van der Waals surface area contributed by atoms with Crippen molar-refractivity contribution >= 4 is 23.3 Å². The van der Waals surface area contributed by atoms with Gasteiger partial charge in [-0.1, -0.05) is 0 Å². The van der Waals surface area contributed by atoms with Crippen molar-refractivity contribution in [2.45, 2.75) is 26.5 Å². The third-order valence-electron chi connectivity index (χ3n) is 2.47. The fraction of sp³-hybridized carbons (Fsp3) is 0.455. The van der Waals surface area contributed by atoms with Crippen molar-refractivity contribution in [1.29, 1.82) is 0 Å². The quantitative estimate of drug-likeness (QED) is 0.817. The molecule has 0 aliphatic heterocycles. The molecule has 6 heteroatoms. The maximum atomic E-state index is 11.6. The van der Waals surface area contributed by atoms with E-state index in [4.69, 9.17) is 17.0 Å². The Bertz CT molecular complexity index is 623. The van der Waals surface area contributed by atoms with Gasteiger partial charge in [0.1, 0.15) is 5.52 Å². The van der Waals surface area contributed by atoms with E-state index in [1.54, 1.807) is 6.20 Å². The maximum absolute atomic E-state index is 11.6. The van der Waals surface area contributed by atoms with Gasteiger partial charge >= 0.3 is 0 Å². The molecule has 2 N–H and O–H groups in total. The molecule has 0 unspecified atom stereocenters. The first-order chi connectivity index (χ1) is 8.09. The van der Waals surface area contributed by atoms with Gasteiger partial charge in [0.2, 0.25) is 0 Å². The van der Waals surface area contributed by atoms with Crippen LogP contribution in [0.3, 0.4) is 0 Å². The number of hydrogen-bond acceptors (Lipinski definition) is 3. The summed E-state index contributed by atoms with van der Waals surface area (Å²) >= 11 is 5.15. The third-order valence-corrected chi connectivity index (χ3v) is 2.80. The number of rotatable bonds is 4. The highest BCUT2D eigenvalue weighted by Gasteiger charge is 2.06. The van der Waals surface area contributed by atoms with E-state index in [1.165, 1.54) is 0 Å². The van der Waals surface area contributed by atoms with Crippen LogP contribution in [0.15, 0.2) is 17.1 Å². The number of aromatic nitrogens is 3. The molecular weight excluding hydrogens is 238 g/mol. The molecule has 0 saturated heterocycles. The Morgan fingerprint density at radius 2 is 2.29 bits per heavy atom. The lowest BCUT2D eigenvalue weighted by Gasteiger charge is -2.11. The Morgan fingerprint density at radius 1 is 1.53 bits per heavy atom. The first-order valence-electron chi connectivity index (χ1n) is 5.51. The summed E-state index contributed by atoms with van der Waals surface area (Å²) in [6.45, 7) is 5.16. The van der Waals surface area contributed by atoms with Crippen LogP contribution in [0, 0.1) is 4.77 Å². The number of H-pyrrole nitrogens is 2. The molecule has 17 heavy (non-hydrogen) atoms. The van der Waals surface area contributed by atoms with Crippen LogP contribution in [-0.2, 0) is 11.3 Å². The van der Waals surface area contributed by atoms with E-state index in [9.17, 15) is 4.79 Å². The van der Waals surface area contributed by atoms with Gasteiger partial charge in [-0.2, -0.15) is 0 Å². The van der Waals surface area contributed by atoms with Gasteiger partial charge in [0.25, 0.3) is 5.56 Å². The molecule has 0 aliphatic carbocycles. The number of ether oxygens (including phenoxy) is 1. The second kappa shape index (κ2) is 4.85. The van der Waals surface area contributed by atoms with Crippen LogP contribution in [0.5, 0.6) is 0 Å². The summed E-state index contributed by atoms with van der Waals surface area (Å²) in [6, 6.07) is 1.84. The molecule has 2 aromatic rings. The van der Waals surface area contributed by atoms with Crippen molar-refractivity contribution in [3.63, 3.8) is 0 Å². The van der Waals surface area contributed by atoms with Crippen molar-refractivity contribution in [1.82, 2.24) is 14.5 Å². The highest BCUT2D eigenvalue weighted by molar-refractivity contribution is 7.71. The lowest BCUT2D eigenvalue weighted by molar-refractivity contribution is 0.0729. The molecule has 0 atom stereocenters. The van der Waals surface area contributed by atoms with Crippen molar-refractivity contribution in [2.24, 2.45) is 0 Å². The fourth-order valence-electron chi connectivity index (χ4n) is 1.71. The molecule has 0 aromatic carbocycles. The normalized spacial score (nSPS) is 11.5. The fourth-order valence-corrected chi connectivity index (χ4v) is 1.99. The van der Waals surface area contributed by atoms with E-state index in [0.29, 0.717) is 23.4 Å². The average Bonchev–Trinajstić information content (AvgIpc) is 2.71. The van der Waals surface area contributed by atoms with Gasteiger partial charge in [0.15, 0.2) is 4.77 Å². The summed E-state index contributed by atoms with van der Waals surface area (Å²) in [5.74, 6) is 0. The summed E-state index contributed by atoms with van der Waals surface area (Å²) in [5, 5.41) is 0. The van der Waals surface area contributed by atoms with Crippen molar-refractivity contribution < 1.29 is 4.74 Å². The van der Waals surface area contributed by atoms with E-state index in [0.717, 1.165) is 5.52 Å². The van der Waals surface area contributed by atoms with Crippen LogP contribution < -0.4 is 5.56 Å². The van der Waals surface area contributed by atoms with Crippen molar-refractivity contribution in [3.8, 4) is 0 Å². The van der Waals surface area contributed by atoms with Gasteiger partial charge in [-0.15, -0.1) is 0 Å². The third kappa shape index (κ3) is 2.48. The summed E-state index contributed by atoms with van der Waals surface area (Å²) in [7, 11) is 0. The Kier molecular flexibility index (Phi) is 3.44. The van der Waals surface area contributed by atoms with Gasteiger partial charge in [-0.05, 0) is 32.1 Å². The SMILES string of the molecule is CC(C)OCCn1c(=S)[nH]c(=O)c2[nH]ccc21. The molecule has 0 fully saturated rings. The molecule has 5 nitrogen and oxygen atoms in total. The molecular formula is C11H15N3O2S. The second-order valence-corrected chi connectivity index (χ2v) is 4.46. The maximum Gasteiger partial charge on any atom is 0.276 e. The summed E-state index contributed by atoms with van der Waals surface area (Å²) < 4.78 is 7.78. The van der Waals surface area contributed by atoms with Gasteiger partial charge in [-0.3, -0.25) is 9.78 Å². The van der Waals surface area contributed by atoms with Crippen molar-refractivity contribution in [2.75, 3.05) is 6.61 Å². The number of hydrogen-bond donors (Lipinski definition) is 2. The predicted molar refractivity (Wildman–Crippen MR) is 68.8 cm³/mol. The Morgan fingerprint density at radius 3 is 3.00 bits per heavy atom. The van der Waals surface area contributed by atoms with Gasteiger partial charge in [-0.25, -0.2) is 0 Å². The number of nitrogens with one attached hydrogen (secondary N) is 2. The van der Waals surface area contributed by atoms with Crippen LogP contribution >= 0.6 is 12.2 Å². The first-order valence-corrected chi connectivity index (χ1v) is 5.92. The number of fused-ring (bicyclic) bond motifs is 1. The number of aromatic amines is 2. The lowest BCUT2D eigenvalue weighted by atomic mass is 10.4. The molecule has 0 bridgehead atoms. The van der Waals surface area contributed by atoms with E-state index < -0.39 is 0 Å². The molecule has 0 amide bonds. The minimum absolute atomic E-state index is 0.184. The zero-order chi connectivity index (χ0) is 12.4. The average molecular weight is 253 g/mol. The van der Waals surface area contributed by atoms with Crippen LogP contribution in [0.2, 0.25) is 0 Å². The molecule has 92 valence electrons. The highest BCUT2D eigenvalue weighted by atomic mass is 32.1. The topological polar surface area (TPSA) is 62.8 Å². The summed E-state index contributed by atoms with van der Waals surface area (Å²) in [4.78, 5) is 17.1. The number of nitrogens with zero attached hydrogens (tertiary/aromatic N) is 1. The smallest absolute Gasteiger partial charge is 0.276 e. The van der Waals surface area contributed by atoms with Gasteiger partial charge in [0, 0.05) is 12.7 Å². The zero-order valence-electron chi connectivity index (χ0n) is 9.82. The van der Waals surface area contributed by atoms with Crippen LogP contribution in [0.1, 0.15) is 13.8 Å². The molecule has 2 aromatic heterocycles. The predicted octanol–water partition coefficient (Wildman–Crippen LogP) is 1.81. The van der Waals surface area contributed by atoms with E-state index in [-0.39, 0.29) is 11.7 Å². The van der Waals surface area contributed by atoms with E-state index >= 15 is 0 Å². The molecule has 0 radical (unpaired) electrons. The minimum atomic E-state index is -0.184. The van der Waals surface area contributed by atoms with Crippen molar-refractivity contribution in [3.05, 3.63) is 27.4 Å². The Balaban J connectivity index is 2.36. The molecule has 0 spiro atoms. The highest BCUT2D eigenvalue weighted by Crippen LogP contribution is 2.07. The summed E-state index contributed by atoms with van der Waals surface area (Å²) in [5.41, 5.74) is 1.17. The van der Waals surface area contributed by atoms with Crippen LogP contribution in [0.4, 0.5) is 0 Å². The Hall–Kier alpha value is -1.40. The van der Waals surface area contributed by atoms with Crippen LogP contribution in [0.25, 0.3) is 11.0 Å². The summed E-state index contributed by atoms with van der Waals surface area (Å²) in [6.07, 6.45) is 1.92. The van der Waals surface area contributed by atoms with Gasteiger partial charge in [0.05, 0.1) is 18.2 Å². The van der Waals surface area contributed by atoms with E-state index in [2.05, 4.69) is 9.97 Å². The minimum Gasteiger partial charge on any atom is -0.377 e. The van der Waals surface area contributed by atoms with Crippen LogP contribution in [-0.4, -0.2) is 27.2 Å². The molecule has 0 saturated carbocycles.